The van der Waals surface area contributed by atoms with Crippen molar-refractivity contribution in [3.63, 3.8) is 0 Å². The molecule has 0 bridgehead atoms. The van der Waals surface area contributed by atoms with Crippen molar-refractivity contribution in [1.29, 1.82) is 0 Å². The third kappa shape index (κ3) is 4.46. The van der Waals surface area contributed by atoms with Crippen LogP contribution < -0.4 is 15.4 Å². The van der Waals surface area contributed by atoms with Crippen LogP contribution in [-0.2, 0) is 18.6 Å². The second kappa shape index (κ2) is 9.40. The average molecular weight is 431 g/mol. The van der Waals surface area contributed by atoms with Crippen LogP contribution in [-0.4, -0.2) is 36.1 Å². The Bertz CT molecular complexity index is 1070. The highest BCUT2D eigenvalue weighted by Crippen LogP contribution is 2.32. The predicted octanol–water partition coefficient (Wildman–Crippen LogP) is 3.92. The fourth-order valence-electron chi connectivity index (χ4n) is 4.16. The highest BCUT2D eigenvalue weighted by molar-refractivity contribution is 5.78. The van der Waals surface area contributed by atoms with Gasteiger partial charge in [0.15, 0.2) is 0 Å². The fourth-order valence-corrected chi connectivity index (χ4v) is 4.16. The van der Waals surface area contributed by atoms with Crippen LogP contribution in [0.3, 0.4) is 0 Å². The van der Waals surface area contributed by atoms with Gasteiger partial charge >= 0.3 is 6.03 Å². The molecule has 4 rings (SSSR count). The zero-order valence-electron chi connectivity index (χ0n) is 18.9. The number of carbonyl (C=O) groups excluding carboxylic acids is 1. The number of aromatic nitrogens is 1. The Kier molecular flexibility index (Phi) is 6.42. The van der Waals surface area contributed by atoms with Crippen molar-refractivity contribution in [3.8, 4) is 5.75 Å². The molecular formula is C26H30N4O2. The van der Waals surface area contributed by atoms with Gasteiger partial charge in [-0.3, -0.25) is 10.3 Å². The first-order valence-corrected chi connectivity index (χ1v) is 10.9. The number of hydrogen-bond donors (Lipinski definition) is 2. The van der Waals surface area contributed by atoms with Gasteiger partial charge in [-0.1, -0.05) is 36.4 Å². The zero-order valence-corrected chi connectivity index (χ0v) is 18.9. The van der Waals surface area contributed by atoms with E-state index in [-0.39, 0.29) is 6.03 Å². The lowest BCUT2D eigenvalue weighted by molar-refractivity contribution is 0.124. The molecule has 0 aliphatic carbocycles. The number of nitrogens with one attached hydrogen (secondary N) is 2. The molecular weight excluding hydrogens is 400 g/mol. The Hall–Kier alpha value is -3.38. The second-order valence-electron chi connectivity index (χ2n) is 8.28. The molecule has 0 spiro atoms. The van der Waals surface area contributed by atoms with Crippen LogP contribution in [0.15, 0.2) is 67.0 Å². The number of ether oxygens (including phenoxy) is 1. The monoisotopic (exact) mass is 430 g/mol. The van der Waals surface area contributed by atoms with Crippen molar-refractivity contribution in [2.24, 2.45) is 0 Å². The molecule has 1 fully saturated rings. The second-order valence-corrected chi connectivity index (χ2v) is 8.28. The van der Waals surface area contributed by atoms with Gasteiger partial charge in [0.25, 0.3) is 0 Å². The van der Waals surface area contributed by atoms with E-state index in [4.69, 9.17) is 4.74 Å². The molecule has 0 radical (unpaired) electrons. The smallest absolute Gasteiger partial charge is 0.319 e. The lowest BCUT2D eigenvalue weighted by atomic mass is 9.94. The van der Waals surface area contributed by atoms with E-state index in [1.165, 1.54) is 11.1 Å². The molecule has 32 heavy (non-hydrogen) atoms. The van der Waals surface area contributed by atoms with Crippen LogP contribution in [0.4, 0.5) is 4.79 Å². The first-order valence-electron chi connectivity index (χ1n) is 10.9. The Labute approximate surface area is 189 Å². The van der Waals surface area contributed by atoms with Gasteiger partial charge in [-0.2, -0.15) is 0 Å². The molecule has 2 amide bonds. The summed E-state index contributed by atoms with van der Waals surface area (Å²) in [6.45, 7) is 5.91. The Morgan fingerprint density at radius 3 is 2.59 bits per heavy atom. The molecule has 1 saturated heterocycles. The van der Waals surface area contributed by atoms with Crippen molar-refractivity contribution < 1.29 is 9.53 Å². The minimum absolute atomic E-state index is 0.0598. The van der Waals surface area contributed by atoms with E-state index in [0.29, 0.717) is 19.6 Å². The first-order chi connectivity index (χ1) is 15.5. The molecule has 3 aromatic rings. The molecule has 6 nitrogen and oxygen atoms in total. The number of methoxy groups -OCH3 is 1. The van der Waals surface area contributed by atoms with E-state index in [0.717, 1.165) is 28.9 Å². The summed E-state index contributed by atoms with van der Waals surface area (Å²) in [6, 6.07) is 18.4. The molecule has 6 heteroatoms. The fraction of sp³-hybridized carbons (Fsp3) is 0.308. The molecule has 0 saturated carbocycles. The van der Waals surface area contributed by atoms with Crippen molar-refractivity contribution in [2.75, 3.05) is 20.2 Å². The van der Waals surface area contributed by atoms with Gasteiger partial charge in [0.1, 0.15) is 11.4 Å². The molecule has 1 aliphatic rings. The number of pyridine rings is 1. The van der Waals surface area contributed by atoms with Gasteiger partial charge in [0.05, 0.1) is 13.7 Å². The summed E-state index contributed by atoms with van der Waals surface area (Å²) in [5, 5.41) is 6.76. The Morgan fingerprint density at radius 1 is 1.09 bits per heavy atom. The van der Waals surface area contributed by atoms with Gasteiger partial charge in [-0.15, -0.1) is 0 Å². The number of hydrogen-bond acceptors (Lipinski definition) is 4. The highest BCUT2D eigenvalue weighted by atomic mass is 16.5. The zero-order chi connectivity index (χ0) is 22.6. The Morgan fingerprint density at radius 2 is 1.91 bits per heavy atom. The lowest BCUT2D eigenvalue weighted by Crippen LogP contribution is -2.55. The van der Waals surface area contributed by atoms with Crippen LogP contribution in [0.1, 0.15) is 27.8 Å². The molecule has 1 unspecified atom stereocenters. The number of rotatable bonds is 8. The van der Waals surface area contributed by atoms with E-state index in [2.05, 4.69) is 47.7 Å². The molecule has 1 atom stereocenters. The van der Waals surface area contributed by atoms with E-state index in [9.17, 15) is 4.79 Å². The van der Waals surface area contributed by atoms with Crippen LogP contribution >= 0.6 is 0 Å². The minimum atomic E-state index is -0.641. The van der Waals surface area contributed by atoms with Gasteiger partial charge in [-0.25, -0.2) is 4.79 Å². The van der Waals surface area contributed by atoms with Gasteiger partial charge in [-0.05, 0) is 66.3 Å². The van der Waals surface area contributed by atoms with Gasteiger partial charge in [0.2, 0.25) is 0 Å². The van der Waals surface area contributed by atoms with E-state index in [1.807, 2.05) is 47.5 Å². The third-order valence-electron chi connectivity index (χ3n) is 6.28. The van der Waals surface area contributed by atoms with Gasteiger partial charge in [0, 0.05) is 25.5 Å². The van der Waals surface area contributed by atoms with Crippen LogP contribution in [0.25, 0.3) is 0 Å². The summed E-state index contributed by atoms with van der Waals surface area (Å²) < 4.78 is 5.26. The third-order valence-corrected chi connectivity index (χ3v) is 6.28. The van der Waals surface area contributed by atoms with Crippen LogP contribution in [0.2, 0.25) is 0 Å². The number of benzene rings is 2. The number of amides is 2. The summed E-state index contributed by atoms with van der Waals surface area (Å²) in [5.74, 6) is 0.829. The molecule has 2 heterocycles. The Balaban J connectivity index is 1.63. The number of urea groups is 1. The quantitative estimate of drug-likeness (QED) is 0.569. The maximum absolute atomic E-state index is 13.0. The molecule has 1 aliphatic heterocycles. The maximum atomic E-state index is 13.0. The SMILES string of the molecule is COc1ccc(CCN2C(=O)NCC2(NCc2cccnc2)c2ccc(C)c(C)c2)cc1. The molecule has 2 aromatic carbocycles. The summed E-state index contributed by atoms with van der Waals surface area (Å²) in [4.78, 5) is 19.1. The first kappa shape index (κ1) is 21.8. The molecule has 166 valence electrons. The van der Waals surface area contributed by atoms with E-state index in [1.54, 1.807) is 13.3 Å². The number of nitrogens with zero attached hydrogens (tertiary/aromatic N) is 2. The minimum Gasteiger partial charge on any atom is -0.497 e. The number of aryl methyl sites for hydroxylation is 2. The molecule has 2 N–H and O–H groups in total. The predicted molar refractivity (Wildman–Crippen MR) is 125 cm³/mol. The summed E-state index contributed by atoms with van der Waals surface area (Å²) in [6.07, 6.45) is 4.37. The van der Waals surface area contributed by atoms with Crippen molar-refractivity contribution in [2.45, 2.75) is 32.5 Å². The highest BCUT2D eigenvalue weighted by Gasteiger charge is 2.46. The average Bonchev–Trinajstić information content (AvgIpc) is 3.15. The number of carbonyl (C=O) groups is 1. The maximum Gasteiger partial charge on any atom is 0.319 e. The van der Waals surface area contributed by atoms with Crippen LogP contribution in [0.5, 0.6) is 5.75 Å². The summed E-state index contributed by atoms with van der Waals surface area (Å²) >= 11 is 0. The topological polar surface area (TPSA) is 66.5 Å². The van der Waals surface area contributed by atoms with Crippen molar-refractivity contribution in [1.82, 2.24) is 20.5 Å². The van der Waals surface area contributed by atoms with E-state index < -0.39 is 5.66 Å². The summed E-state index contributed by atoms with van der Waals surface area (Å²) in [5.41, 5.74) is 5.12. The van der Waals surface area contributed by atoms with Gasteiger partial charge < -0.3 is 15.0 Å². The largest absolute Gasteiger partial charge is 0.497 e. The molecule has 1 aromatic heterocycles. The van der Waals surface area contributed by atoms with Crippen LogP contribution in [0, 0.1) is 13.8 Å². The normalized spacial score (nSPS) is 18.0. The lowest BCUT2D eigenvalue weighted by Gasteiger charge is -2.39. The summed E-state index contributed by atoms with van der Waals surface area (Å²) in [7, 11) is 1.66. The van der Waals surface area contributed by atoms with Crippen molar-refractivity contribution >= 4 is 6.03 Å². The standard InChI is InChI=1S/C26H30N4O2/c1-19-6-9-23(15-20(19)2)26(29-17-22-5-4-13-27-16-22)18-28-25(31)30(26)14-12-21-7-10-24(32-3)11-8-21/h4-11,13,15-16,29H,12,14,17-18H2,1-3H3,(H,28,31). The van der Waals surface area contributed by atoms with E-state index >= 15 is 0 Å². The van der Waals surface area contributed by atoms with Crippen molar-refractivity contribution in [3.05, 3.63) is 94.8 Å².